The van der Waals surface area contributed by atoms with Crippen LogP contribution in [0.15, 0.2) is 18.2 Å². The molecule has 0 spiro atoms. The summed E-state index contributed by atoms with van der Waals surface area (Å²) in [5.41, 5.74) is 3.93. The number of benzene rings is 1. The Morgan fingerprint density at radius 2 is 1.69 bits per heavy atom. The van der Waals surface area contributed by atoms with Crippen molar-refractivity contribution in [2.75, 3.05) is 0 Å². The highest BCUT2D eigenvalue weighted by molar-refractivity contribution is 5.34. The lowest BCUT2D eigenvalue weighted by atomic mass is 9.98. The van der Waals surface area contributed by atoms with Crippen molar-refractivity contribution < 1.29 is 4.84 Å². The topological polar surface area (TPSA) is 35.2 Å². The van der Waals surface area contributed by atoms with E-state index in [1.807, 2.05) is 0 Å². The van der Waals surface area contributed by atoms with E-state index in [1.54, 1.807) is 0 Å². The number of hydrogen-bond donors (Lipinski definition) is 1. The van der Waals surface area contributed by atoms with Gasteiger partial charge in [0, 0.05) is 0 Å². The van der Waals surface area contributed by atoms with Gasteiger partial charge in [-0.3, -0.25) is 4.84 Å². The highest BCUT2D eigenvalue weighted by Gasteiger charge is 2.04. The van der Waals surface area contributed by atoms with Gasteiger partial charge in [0.1, 0.15) is 0 Å². The molecule has 72 valence electrons. The third kappa shape index (κ3) is 2.29. The number of rotatable bonds is 4. The molecule has 0 saturated carbocycles. The fraction of sp³-hybridized carbons (Fsp3) is 0.455. The van der Waals surface area contributed by atoms with Crippen LogP contribution < -0.4 is 5.90 Å². The van der Waals surface area contributed by atoms with Gasteiger partial charge in [0.2, 0.25) is 0 Å². The molecule has 0 heterocycles. The van der Waals surface area contributed by atoms with Crippen LogP contribution in [0.1, 0.15) is 30.5 Å². The van der Waals surface area contributed by atoms with E-state index in [0.717, 1.165) is 12.8 Å². The molecule has 13 heavy (non-hydrogen) atoms. The first-order chi connectivity index (χ1) is 6.33. The lowest BCUT2D eigenvalue weighted by Gasteiger charge is -2.11. The van der Waals surface area contributed by atoms with Crippen LogP contribution in [-0.4, -0.2) is 0 Å². The Bertz CT molecular complexity index is 249. The summed E-state index contributed by atoms with van der Waals surface area (Å²) in [5, 5.41) is 0. The van der Waals surface area contributed by atoms with Crippen LogP contribution in [0.25, 0.3) is 0 Å². The zero-order valence-corrected chi connectivity index (χ0v) is 8.34. The van der Waals surface area contributed by atoms with E-state index in [-0.39, 0.29) is 0 Å². The van der Waals surface area contributed by atoms with Crippen molar-refractivity contribution in [2.24, 2.45) is 5.90 Å². The maximum Gasteiger partial charge on any atom is 0.0935 e. The van der Waals surface area contributed by atoms with Crippen LogP contribution in [0.5, 0.6) is 0 Å². The number of hydrogen-bond acceptors (Lipinski definition) is 2. The number of aryl methyl sites for hydroxylation is 2. The smallest absolute Gasteiger partial charge is 0.0935 e. The standard InChI is InChI=1S/C11H17NO/c1-3-9-6-5-7-10(4-2)11(9)8-13-12/h5-7H,3-4,8,12H2,1-2H3. The Balaban J connectivity index is 3.05. The Labute approximate surface area is 79.7 Å². The Kier molecular flexibility index (Phi) is 3.93. The molecule has 2 heteroatoms. The molecule has 0 aliphatic carbocycles. The molecular formula is C11H17NO. The zero-order valence-electron chi connectivity index (χ0n) is 8.34. The predicted molar refractivity (Wildman–Crippen MR) is 54.2 cm³/mol. The largest absolute Gasteiger partial charge is 0.300 e. The van der Waals surface area contributed by atoms with E-state index >= 15 is 0 Å². The summed E-state index contributed by atoms with van der Waals surface area (Å²) < 4.78 is 0. The first kappa shape index (κ1) is 10.2. The maximum atomic E-state index is 5.11. The van der Waals surface area contributed by atoms with E-state index in [0.29, 0.717) is 6.61 Å². The van der Waals surface area contributed by atoms with Gasteiger partial charge in [-0.25, -0.2) is 5.90 Å². The second-order valence-corrected chi connectivity index (χ2v) is 3.07. The van der Waals surface area contributed by atoms with E-state index in [4.69, 9.17) is 10.7 Å². The fourth-order valence-electron chi connectivity index (χ4n) is 1.62. The van der Waals surface area contributed by atoms with Gasteiger partial charge in [-0.15, -0.1) is 0 Å². The summed E-state index contributed by atoms with van der Waals surface area (Å²) in [6, 6.07) is 6.36. The van der Waals surface area contributed by atoms with Gasteiger partial charge >= 0.3 is 0 Å². The molecule has 0 aliphatic rings. The van der Waals surface area contributed by atoms with Crippen molar-refractivity contribution in [2.45, 2.75) is 33.3 Å². The van der Waals surface area contributed by atoms with Crippen LogP contribution in [0, 0.1) is 0 Å². The second kappa shape index (κ2) is 5.00. The minimum absolute atomic E-state index is 0.521. The van der Waals surface area contributed by atoms with E-state index in [9.17, 15) is 0 Å². The van der Waals surface area contributed by atoms with Crippen LogP contribution >= 0.6 is 0 Å². The number of nitrogens with two attached hydrogens (primary N) is 1. The van der Waals surface area contributed by atoms with Crippen molar-refractivity contribution >= 4 is 0 Å². The van der Waals surface area contributed by atoms with Crippen LogP contribution in [0.2, 0.25) is 0 Å². The monoisotopic (exact) mass is 179 g/mol. The predicted octanol–water partition coefficient (Wildman–Crippen LogP) is 2.20. The molecule has 0 fully saturated rings. The molecular weight excluding hydrogens is 162 g/mol. The summed E-state index contributed by atoms with van der Waals surface area (Å²) in [4.78, 5) is 4.71. The third-order valence-corrected chi connectivity index (χ3v) is 2.36. The third-order valence-electron chi connectivity index (χ3n) is 2.36. The van der Waals surface area contributed by atoms with Gasteiger partial charge < -0.3 is 0 Å². The van der Waals surface area contributed by atoms with Crippen molar-refractivity contribution in [1.29, 1.82) is 0 Å². The molecule has 1 rings (SSSR count). The van der Waals surface area contributed by atoms with Gasteiger partial charge in [-0.05, 0) is 29.5 Å². The van der Waals surface area contributed by atoms with E-state index in [2.05, 4.69) is 32.0 Å². The second-order valence-electron chi connectivity index (χ2n) is 3.07. The quantitative estimate of drug-likeness (QED) is 0.719. The molecule has 0 aliphatic heterocycles. The maximum absolute atomic E-state index is 5.11. The average molecular weight is 179 g/mol. The first-order valence-corrected chi connectivity index (χ1v) is 4.74. The zero-order chi connectivity index (χ0) is 9.68. The molecule has 2 nitrogen and oxygen atoms in total. The highest BCUT2D eigenvalue weighted by atomic mass is 16.6. The van der Waals surface area contributed by atoms with Crippen LogP contribution in [-0.2, 0) is 24.3 Å². The fourth-order valence-corrected chi connectivity index (χ4v) is 1.62. The molecule has 0 atom stereocenters. The van der Waals surface area contributed by atoms with Crippen LogP contribution in [0.4, 0.5) is 0 Å². The SMILES string of the molecule is CCc1cccc(CC)c1CON. The molecule has 2 N–H and O–H groups in total. The summed E-state index contributed by atoms with van der Waals surface area (Å²) in [7, 11) is 0. The molecule has 1 aromatic rings. The summed E-state index contributed by atoms with van der Waals surface area (Å²) in [6.07, 6.45) is 2.07. The molecule has 0 unspecified atom stereocenters. The molecule has 0 bridgehead atoms. The van der Waals surface area contributed by atoms with Gasteiger partial charge in [-0.1, -0.05) is 32.0 Å². The van der Waals surface area contributed by atoms with Gasteiger partial charge in [0.15, 0.2) is 0 Å². The van der Waals surface area contributed by atoms with Crippen molar-refractivity contribution in [1.82, 2.24) is 0 Å². The van der Waals surface area contributed by atoms with E-state index in [1.165, 1.54) is 16.7 Å². The minimum atomic E-state index is 0.521. The van der Waals surface area contributed by atoms with Crippen molar-refractivity contribution in [3.8, 4) is 0 Å². The average Bonchev–Trinajstić information content (AvgIpc) is 2.18. The van der Waals surface area contributed by atoms with Gasteiger partial charge in [-0.2, -0.15) is 0 Å². The molecule has 1 aromatic carbocycles. The molecule has 0 amide bonds. The lowest BCUT2D eigenvalue weighted by molar-refractivity contribution is 0.123. The van der Waals surface area contributed by atoms with Gasteiger partial charge in [0.05, 0.1) is 6.61 Å². The van der Waals surface area contributed by atoms with Crippen molar-refractivity contribution in [3.63, 3.8) is 0 Å². The highest BCUT2D eigenvalue weighted by Crippen LogP contribution is 2.16. The molecule has 0 aromatic heterocycles. The van der Waals surface area contributed by atoms with E-state index < -0.39 is 0 Å². The molecule has 0 radical (unpaired) electrons. The summed E-state index contributed by atoms with van der Waals surface area (Å²) in [5.74, 6) is 5.11. The molecule has 0 saturated heterocycles. The summed E-state index contributed by atoms with van der Waals surface area (Å²) in [6.45, 7) is 4.82. The summed E-state index contributed by atoms with van der Waals surface area (Å²) >= 11 is 0. The van der Waals surface area contributed by atoms with Gasteiger partial charge in [0.25, 0.3) is 0 Å². The Morgan fingerprint density at radius 1 is 1.15 bits per heavy atom. The first-order valence-electron chi connectivity index (χ1n) is 4.74. The normalized spacial score (nSPS) is 10.4. The Hall–Kier alpha value is -0.860. The minimum Gasteiger partial charge on any atom is -0.300 e. The Morgan fingerprint density at radius 3 is 2.08 bits per heavy atom. The van der Waals surface area contributed by atoms with Crippen LogP contribution in [0.3, 0.4) is 0 Å². The van der Waals surface area contributed by atoms with Crippen molar-refractivity contribution in [3.05, 3.63) is 34.9 Å². The lowest BCUT2D eigenvalue weighted by Crippen LogP contribution is -2.05.